The first kappa shape index (κ1) is 77.2. The first-order valence-corrected chi connectivity index (χ1v) is 32.6. The molecule has 9 aromatic carbocycles. The molecule has 0 aromatic heterocycles. The largest absolute Gasteiger partial charge is 0.422 e. The van der Waals surface area contributed by atoms with Gasteiger partial charge in [-0.1, -0.05) is 67.2 Å². The van der Waals surface area contributed by atoms with Crippen molar-refractivity contribution in [3.63, 3.8) is 0 Å². The Morgan fingerprint density at radius 1 is 0.263 bits per heavy atom. The molecular formula is C67H48AlF30N. The van der Waals surface area contributed by atoms with Crippen LogP contribution in [0.2, 0.25) is 0 Å². The van der Waals surface area contributed by atoms with E-state index in [1.54, 1.807) is 0 Å². The van der Waals surface area contributed by atoms with Gasteiger partial charge in [0.2, 0.25) is 0 Å². The van der Waals surface area contributed by atoms with Gasteiger partial charge in [0.15, 0.2) is 139 Å². The zero-order valence-electron chi connectivity index (χ0n) is 51.9. The van der Waals surface area contributed by atoms with Gasteiger partial charge in [0.05, 0.1) is 34.6 Å². The number of alkyl halides is 3. The lowest BCUT2D eigenvalue weighted by molar-refractivity contribution is -0.834. The topological polar surface area (TPSA) is 4.44 Å². The number of hydrogen-bond donors (Lipinski definition) is 1. The van der Waals surface area contributed by atoms with Crippen molar-refractivity contribution in [3.8, 4) is 0 Å². The molecule has 0 saturated heterocycles. The predicted octanol–water partition coefficient (Wildman–Crippen LogP) is 19.1. The SMILES string of the molecule is CCCCCC[NH+](CCCCCC)c1cc(F)c(F)c(C(F)(F)F)c1F.CCc1c(F)c(F)c(F)c2c(F)c(F)c(F)[c]([Al-]([c]3c(F)c(F)c(F)c4c(F)c(F)c(F)c(CC)c34)([c]3c(F)c(F)c(F)c4c(F)c(F)c(F)c(CC)c34)[c]3c(F)c(F)c(F)c4c(F)c(F)c(F)c(CC)c34)c12. The highest BCUT2D eigenvalue weighted by Gasteiger charge is 2.54. The lowest BCUT2D eigenvalue weighted by Gasteiger charge is -2.45. The van der Waals surface area contributed by atoms with Crippen molar-refractivity contribution < 1.29 is 137 Å². The van der Waals surface area contributed by atoms with E-state index in [1.165, 1.54) is 0 Å². The van der Waals surface area contributed by atoms with Gasteiger partial charge >= 0.3 is 6.18 Å². The second kappa shape index (κ2) is 29.2. The minimum Gasteiger partial charge on any atom is -0.300 e. The van der Waals surface area contributed by atoms with Crippen molar-refractivity contribution in [2.24, 2.45) is 0 Å². The summed E-state index contributed by atoms with van der Waals surface area (Å²) in [6.45, 7) is 7.32. The molecule has 9 aromatic rings. The number of nitrogens with one attached hydrogen (secondary N) is 1. The van der Waals surface area contributed by atoms with Crippen molar-refractivity contribution in [3.05, 3.63) is 191 Å². The molecule has 0 spiro atoms. The lowest BCUT2D eigenvalue weighted by atomic mass is 9.98. The van der Waals surface area contributed by atoms with Gasteiger partial charge in [0.1, 0.15) is 28.8 Å². The van der Waals surface area contributed by atoms with E-state index in [0.717, 1.165) is 38.5 Å². The Morgan fingerprint density at radius 2 is 0.495 bits per heavy atom. The molecule has 9 rings (SSSR count). The van der Waals surface area contributed by atoms with E-state index >= 15 is 105 Å². The van der Waals surface area contributed by atoms with Crippen LogP contribution >= 0.6 is 0 Å². The molecule has 0 bridgehead atoms. The molecule has 0 unspecified atom stereocenters. The van der Waals surface area contributed by atoms with Crippen LogP contribution in [0.5, 0.6) is 0 Å². The highest BCUT2D eigenvalue weighted by atomic mass is 27.2. The van der Waals surface area contributed by atoms with Gasteiger partial charge in [-0.05, 0) is 95.2 Å². The number of fused-ring (bicyclic) bond motifs is 4. The molecule has 0 radical (unpaired) electrons. The number of rotatable bonds is 19. The number of unbranched alkanes of at least 4 members (excludes halogenated alkanes) is 6. The Balaban J connectivity index is 0.000000404. The summed E-state index contributed by atoms with van der Waals surface area (Å²) >= 11 is -9.34. The molecule has 0 fully saturated rings. The van der Waals surface area contributed by atoms with E-state index in [-0.39, 0.29) is 0 Å². The molecule has 99 heavy (non-hydrogen) atoms. The maximum Gasteiger partial charge on any atom is 0.422 e. The Hall–Kier alpha value is -7.59. The second-order valence-electron chi connectivity index (χ2n) is 23.0. The van der Waals surface area contributed by atoms with E-state index in [4.69, 9.17) is 0 Å². The van der Waals surface area contributed by atoms with Crippen LogP contribution in [0.15, 0.2) is 6.07 Å². The van der Waals surface area contributed by atoms with Crippen LogP contribution in [-0.2, 0) is 31.9 Å². The summed E-state index contributed by atoms with van der Waals surface area (Å²) < 4.78 is 468. The molecule has 0 aliphatic carbocycles. The van der Waals surface area contributed by atoms with Crippen molar-refractivity contribution in [2.75, 3.05) is 13.1 Å². The second-order valence-corrected chi connectivity index (χ2v) is 27.1. The summed E-state index contributed by atoms with van der Waals surface area (Å²) in [5, 5.41) is -19.6. The van der Waals surface area contributed by atoms with Gasteiger partial charge in [-0.3, -0.25) is 4.90 Å². The van der Waals surface area contributed by atoms with Crippen LogP contribution in [0.3, 0.4) is 0 Å². The highest BCUT2D eigenvalue weighted by molar-refractivity contribution is 7.23. The first-order chi connectivity index (χ1) is 46.4. The summed E-state index contributed by atoms with van der Waals surface area (Å²) in [5.41, 5.74) is -10.1. The van der Waals surface area contributed by atoms with Crippen molar-refractivity contribution in [1.29, 1.82) is 0 Å². The maximum atomic E-state index is 18.2. The summed E-state index contributed by atoms with van der Waals surface area (Å²) in [6.07, 6.45) is -4.05. The third-order valence-electron chi connectivity index (χ3n) is 17.8. The molecule has 0 aliphatic rings. The van der Waals surface area contributed by atoms with Gasteiger partial charge in [-0.15, -0.1) is 0 Å². The Bertz CT molecular complexity index is 4250. The summed E-state index contributed by atoms with van der Waals surface area (Å²) in [6, 6.07) is 0.578. The monoisotopic (exact) mass is 1460 g/mol. The van der Waals surface area contributed by atoms with Crippen LogP contribution in [0.4, 0.5) is 137 Å². The molecule has 0 aliphatic heterocycles. The van der Waals surface area contributed by atoms with Crippen LogP contribution < -0.4 is 22.6 Å². The van der Waals surface area contributed by atoms with Gasteiger partial charge in [0.25, 0.3) is 13.1 Å². The zero-order chi connectivity index (χ0) is 74.2. The van der Waals surface area contributed by atoms with Gasteiger partial charge in [0, 0.05) is 6.07 Å². The van der Waals surface area contributed by atoms with Gasteiger partial charge < -0.3 is 0 Å². The number of benzene rings is 9. The van der Waals surface area contributed by atoms with Crippen molar-refractivity contribution >= 4 is 79.6 Å². The molecule has 1 N–H and O–H groups in total. The average Bonchev–Trinajstić information content (AvgIpc) is 0.661. The average molecular weight is 1460 g/mol. The number of quaternary nitrogens is 1. The first-order valence-electron chi connectivity index (χ1n) is 30.3. The fraction of sp³-hybridized carbons (Fsp3) is 0.313. The smallest absolute Gasteiger partial charge is 0.300 e. The lowest BCUT2D eigenvalue weighted by Crippen LogP contribution is -3.07. The standard InChI is InChI=1S/C19H27F6N.4C12H5F6.Al/c1-3-5-7-9-11-26(12-10-8-6-4-2)15-13-14(20)17(21)16(18(15)22)19(23,24)25;4*1-2-4-5-3-6(13)9(15)10(16)7(5)11(17)12(18)8(4)14;/h13H,3-12H2,1-2H3;4*2H2,1H3;/q;;;;;-1/p+1. The van der Waals surface area contributed by atoms with Gasteiger partial charge in [-0.25, -0.2) is 114 Å². The summed E-state index contributed by atoms with van der Waals surface area (Å²) in [7, 11) is 0. The molecule has 1 nitrogen and oxygen atoms in total. The normalized spacial score (nSPS) is 12.3. The predicted molar refractivity (Wildman–Crippen MR) is 307 cm³/mol. The number of halogens is 30. The Kier molecular flexibility index (Phi) is 22.7. The minimum atomic E-state index is -9.34. The van der Waals surface area contributed by atoms with E-state index < -0.39 is 296 Å². The Morgan fingerprint density at radius 3 is 0.707 bits per heavy atom. The van der Waals surface area contributed by atoms with E-state index in [2.05, 4.69) is 0 Å². The molecule has 0 heterocycles. The minimum absolute atomic E-state index is 0.394. The molecule has 0 atom stereocenters. The van der Waals surface area contributed by atoms with E-state index in [9.17, 15) is 26.3 Å². The molecule has 534 valence electrons. The molecule has 32 heteroatoms. The molecule has 0 saturated carbocycles. The van der Waals surface area contributed by atoms with E-state index in [0.29, 0.717) is 64.6 Å². The fourth-order valence-electron chi connectivity index (χ4n) is 13.4. The summed E-state index contributed by atoms with van der Waals surface area (Å²) in [4.78, 5) is 0.444. The molecular weight excluding hydrogens is 1420 g/mol. The van der Waals surface area contributed by atoms with E-state index in [1.807, 2.05) is 13.8 Å². The van der Waals surface area contributed by atoms with Crippen LogP contribution in [0.25, 0.3) is 43.1 Å². The number of hydrogen-bond acceptors (Lipinski definition) is 0. The quantitative estimate of drug-likeness (QED) is 0.0271. The maximum absolute atomic E-state index is 18.2. The Labute approximate surface area is 543 Å². The van der Waals surface area contributed by atoms with Crippen LogP contribution in [-0.4, -0.2) is 26.2 Å². The van der Waals surface area contributed by atoms with Gasteiger partial charge in [-0.2, -0.15) is 35.3 Å². The molecule has 0 amide bonds. The van der Waals surface area contributed by atoms with Crippen LogP contribution in [0, 0.1) is 157 Å². The number of aryl methyl sites for hydroxylation is 4. The highest BCUT2D eigenvalue weighted by Crippen LogP contribution is 2.44. The zero-order valence-corrected chi connectivity index (χ0v) is 53.0. The third-order valence-corrected chi connectivity index (χ3v) is 23.4. The summed E-state index contributed by atoms with van der Waals surface area (Å²) in [5.74, 6) is -79.8. The van der Waals surface area contributed by atoms with Crippen LogP contribution in [0.1, 0.15) is 121 Å². The third kappa shape index (κ3) is 12.0. The van der Waals surface area contributed by atoms with Crippen molar-refractivity contribution in [1.82, 2.24) is 0 Å². The fourth-order valence-corrected chi connectivity index (χ4v) is 20.2. The van der Waals surface area contributed by atoms with Crippen molar-refractivity contribution in [2.45, 2.75) is 125 Å².